The summed E-state index contributed by atoms with van der Waals surface area (Å²) < 4.78 is 25.8. The molecule has 0 bridgehead atoms. The molecule has 3 aromatic rings. The number of nitrogens with one attached hydrogen (secondary N) is 1. The standard InChI is InChI=1S/C23H21N3O5S/c1-32(30,31)26(16-18-5-3-2-4-6-18)21-13-11-19(12-14-21)22(27)25-24-15-17-7-9-20(10-8-17)23(28)29/h2-15H,16H2,1H3,(H,25,27)(H,28,29)/b24-15-. The van der Waals surface area contributed by atoms with Crippen molar-refractivity contribution in [2.24, 2.45) is 5.10 Å². The normalized spacial score (nSPS) is 11.3. The van der Waals surface area contributed by atoms with Crippen molar-refractivity contribution in [3.05, 3.63) is 101 Å². The monoisotopic (exact) mass is 451 g/mol. The van der Waals surface area contributed by atoms with Crippen molar-refractivity contribution in [3.8, 4) is 0 Å². The quantitative estimate of drug-likeness (QED) is 0.403. The number of nitrogens with zero attached hydrogens (tertiary/aromatic N) is 2. The van der Waals surface area contributed by atoms with Crippen LogP contribution in [0.1, 0.15) is 31.8 Å². The minimum Gasteiger partial charge on any atom is -0.478 e. The van der Waals surface area contributed by atoms with E-state index in [0.717, 1.165) is 11.8 Å². The number of anilines is 1. The lowest BCUT2D eigenvalue weighted by Gasteiger charge is -2.22. The highest BCUT2D eigenvalue weighted by Crippen LogP contribution is 2.21. The van der Waals surface area contributed by atoms with Crippen molar-refractivity contribution in [3.63, 3.8) is 0 Å². The lowest BCUT2D eigenvalue weighted by Crippen LogP contribution is -2.29. The molecule has 164 valence electrons. The van der Waals surface area contributed by atoms with Crippen LogP contribution in [0.4, 0.5) is 5.69 Å². The molecule has 0 saturated carbocycles. The number of rotatable bonds is 8. The van der Waals surface area contributed by atoms with Gasteiger partial charge in [-0.15, -0.1) is 0 Å². The summed E-state index contributed by atoms with van der Waals surface area (Å²) in [5.41, 5.74) is 4.74. The van der Waals surface area contributed by atoms with Crippen molar-refractivity contribution >= 4 is 33.8 Å². The molecule has 0 fully saturated rings. The SMILES string of the molecule is CS(=O)(=O)N(Cc1ccccc1)c1ccc(C(=O)N/N=C\c2ccc(C(=O)O)cc2)cc1. The summed E-state index contributed by atoms with van der Waals surface area (Å²) in [6.45, 7) is 0.177. The molecule has 0 saturated heterocycles. The zero-order valence-corrected chi connectivity index (χ0v) is 18.0. The van der Waals surface area contributed by atoms with E-state index in [9.17, 15) is 18.0 Å². The highest BCUT2D eigenvalue weighted by molar-refractivity contribution is 7.92. The van der Waals surface area contributed by atoms with E-state index in [1.165, 1.54) is 34.8 Å². The van der Waals surface area contributed by atoms with E-state index >= 15 is 0 Å². The van der Waals surface area contributed by atoms with Crippen molar-refractivity contribution in [1.29, 1.82) is 0 Å². The highest BCUT2D eigenvalue weighted by Gasteiger charge is 2.18. The van der Waals surface area contributed by atoms with E-state index in [1.54, 1.807) is 24.3 Å². The largest absolute Gasteiger partial charge is 0.478 e. The molecular formula is C23H21N3O5S. The van der Waals surface area contributed by atoms with Gasteiger partial charge in [-0.3, -0.25) is 9.10 Å². The predicted molar refractivity (Wildman–Crippen MR) is 122 cm³/mol. The molecule has 3 rings (SSSR count). The second-order valence-electron chi connectivity index (χ2n) is 6.93. The molecule has 0 radical (unpaired) electrons. The smallest absolute Gasteiger partial charge is 0.335 e. The van der Waals surface area contributed by atoms with Crippen LogP contribution in [0.2, 0.25) is 0 Å². The number of sulfonamides is 1. The number of carbonyl (C=O) groups is 2. The Morgan fingerprint density at radius 1 is 0.938 bits per heavy atom. The minimum atomic E-state index is -3.53. The molecule has 0 aliphatic heterocycles. The zero-order valence-electron chi connectivity index (χ0n) is 17.2. The Bertz CT molecular complexity index is 1220. The average molecular weight is 452 g/mol. The summed E-state index contributed by atoms with van der Waals surface area (Å²) in [7, 11) is -3.53. The van der Waals surface area contributed by atoms with E-state index in [2.05, 4.69) is 10.5 Å². The Morgan fingerprint density at radius 2 is 1.53 bits per heavy atom. The molecular weight excluding hydrogens is 430 g/mol. The van der Waals surface area contributed by atoms with Gasteiger partial charge in [0.25, 0.3) is 5.91 Å². The van der Waals surface area contributed by atoms with E-state index in [-0.39, 0.29) is 12.1 Å². The third-order valence-electron chi connectivity index (χ3n) is 4.52. The van der Waals surface area contributed by atoms with Gasteiger partial charge in [0.15, 0.2) is 0 Å². The minimum absolute atomic E-state index is 0.154. The molecule has 0 unspecified atom stereocenters. The van der Waals surface area contributed by atoms with Gasteiger partial charge in [0.2, 0.25) is 10.0 Å². The van der Waals surface area contributed by atoms with Gasteiger partial charge in [0, 0.05) is 5.56 Å². The van der Waals surface area contributed by atoms with Crippen LogP contribution in [0.3, 0.4) is 0 Å². The topological polar surface area (TPSA) is 116 Å². The molecule has 8 nitrogen and oxygen atoms in total. The molecule has 0 aliphatic rings. The summed E-state index contributed by atoms with van der Waals surface area (Å²) in [6, 6.07) is 21.4. The van der Waals surface area contributed by atoms with Gasteiger partial charge in [-0.25, -0.2) is 18.6 Å². The number of carboxylic acids is 1. The van der Waals surface area contributed by atoms with Gasteiger partial charge >= 0.3 is 5.97 Å². The van der Waals surface area contributed by atoms with Crippen LogP contribution in [0, 0.1) is 0 Å². The molecule has 2 N–H and O–H groups in total. The molecule has 9 heteroatoms. The van der Waals surface area contributed by atoms with Crippen molar-refractivity contribution in [1.82, 2.24) is 5.43 Å². The van der Waals surface area contributed by atoms with E-state index in [1.807, 2.05) is 30.3 Å². The molecule has 0 aromatic heterocycles. The number of hydrogen-bond acceptors (Lipinski definition) is 5. The summed E-state index contributed by atoms with van der Waals surface area (Å²) in [6.07, 6.45) is 2.53. The maximum atomic E-state index is 12.3. The predicted octanol–water partition coefficient (Wildman–Crippen LogP) is 3.11. The average Bonchev–Trinajstić information content (AvgIpc) is 2.78. The molecule has 0 spiro atoms. The first-order chi connectivity index (χ1) is 15.2. The molecule has 0 atom stereocenters. The van der Waals surface area contributed by atoms with E-state index in [4.69, 9.17) is 5.11 Å². The van der Waals surface area contributed by atoms with Crippen LogP contribution in [-0.4, -0.2) is 37.9 Å². The number of hydrogen-bond donors (Lipinski definition) is 2. The van der Waals surface area contributed by atoms with E-state index in [0.29, 0.717) is 16.8 Å². The zero-order chi connectivity index (χ0) is 23.1. The maximum absolute atomic E-state index is 12.3. The molecule has 0 aliphatic carbocycles. The fourth-order valence-electron chi connectivity index (χ4n) is 2.87. The van der Waals surface area contributed by atoms with Crippen molar-refractivity contribution in [2.45, 2.75) is 6.54 Å². The van der Waals surface area contributed by atoms with Gasteiger partial charge in [-0.1, -0.05) is 42.5 Å². The fourth-order valence-corrected chi connectivity index (χ4v) is 3.76. The number of aromatic carboxylic acids is 1. The summed E-state index contributed by atoms with van der Waals surface area (Å²) in [5, 5.41) is 12.8. The maximum Gasteiger partial charge on any atom is 0.335 e. The number of carbonyl (C=O) groups excluding carboxylic acids is 1. The van der Waals surface area contributed by atoms with Crippen LogP contribution >= 0.6 is 0 Å². The van der Waals surface area contributed by atoms with Gasteiger partial charge in [0.1, 0.15) is 0 Å². The Morgan fingerprint density at radius 3 is 2.09 bits per heavy atom. The van der Waals surface area contributed by atoms with Crippen LogP contribution < -0.4 is 9.73 Å². The second-order valence-corrected chi connectivity index (χ2v) is 8.84. The number of benzene rings is 3. The number of hydrazone groups is 1. The van der Waals surface area contributed by atoms with Crippen molar-refractivity contribution in [2.75, 3.05) is 10.6 Å². The van der Waals surface area contributed by atoms with Gasteiger partial charge in [-0.05, 0) is 47.5 Å². The first-order valence-electron chi connectivity index (χ1n) is 9.52. The number of amides is 1. The Balaban J connectivity index is 1.68. The first-order valence-corrected chi connectivity index (χ1v) is 11.4. The summed E-state index contributed by atoms with van der Waals surface area (Å²) in [5.74, 6) is -1.49. The molecule has 0 heterocycles. The van der Waals surface area contributed by atoms with Gasteiger partial charge < -0.3 is 5.11 Å². The Labute approximate surface area is 185 Å². The lowest BCUT2D eigenvalue weighted by atomic mass is 10.1. The first kappa shape index (κ1) is 22.7. The third-order valence-corrected chi connectivity index (χ3v) is 5.66. The Hall–Kier alpha value is -3.98. The van der Waals surface area contributed by atoms with Gasteiger partial charge in [-0.2, -0.15) is 5.10 Å². The van der Waals surface area contributed by atoms with Crippen LogP contribution in [0.25, 0.3) is 0 Å². The van der Waals surface area contributed by atoms with Crippen LogP contribution in [-0.2, 0) is 16.6 Å². The molecule has 32 heavy (non-hydrogen) atoms. The fraction of sp³-hybridized carbons (Fsp3) is 0.0870. The Kier molecular flexibility index (Phi) is 7.01. The summed E-state index contributed by atoms with van der Waals surface area (Å²) >= 11 is 0. The van der Waals surface area contributed by atoms with Crippen LogP contribution in [0.5, 0.6) is 0 Å². The second kappa shape index (κ2) is 9.88. The molecule has 3 aromatic carbocycles. The van der Waals surface area contributed by atoms with Crippen LogP contribution in [0.15, 0.2) is 84.0 Å². The number of carboxylic acid groups (broad SMARTS) is 1. The lowest BCUT2D eigenvalue weighted by molar-refractivity contribution is 0.0696. The summed E-state index contributed by atoms with van der Waals surface area (Å²) in [4.78, 5) is 23.2. The van der Waals surface area contributed by atoms with Crippen molar-refractivity contribution < 1.29 is 23.1 Å². The molecule has 1 amide bonds. The van der Waals surface area contributed by atoms with E-state index < -0.39 is 21.9 Å². The highest BCUT2D eigenvalue weighted by atomic mass is 32.2. The third kappa shape index (κ3) is 6.02. The van der Waals surface area contributed by atoms with Gasteiger partial charge in [0.05, 0.1) is 30.3 Å².